The van der Waals surface area contributed by atoms with Gasteiger partial charge in [0.1, 0.15) is 30.3 Å². The molecule has 0 heterocycles. The first-order valence-corrected chi connectivity index (χ1v) is 11.4. The minimum Gasteiger partial charge on any atom is -0.491 e. The summed E-state index contributed by atoms with van der Waals surface area (Å²) in [5.41, 5.74) is 0.0632. The lowest BCUT2D eigenvalue weighted by Crippen LogP contribution is -2.18. The Morgan fingerprint density at radius 1 is 0.871 bits per heavy atom. The smallest absolute Gasteiger partial charge is 0.339 e. The average molecular weight is 433 g/mol. The van der Waals surface area contributed by atoms with Crippen LogP contribution in [0.15, 0.2) is 30.3 Å². The highest BCUT2D eigenvalue weighted by Crippen LogP contribution is 2.33. The van der Waals surface area contributed by atoms with Crippen molar-refractivity contribution in [1.82, 2.24) is 0 Å². The Hall–Kier alpha value is -2.31. The van der Waals surface area contributed by atoms with Gasteiger partial charge in [0, 0.05) is 5.39 Å². The zero-order valence-corrected chi connectivity index (χ0v) is 18.7. The van der Waals surface area contributed by atoms with Crippen molar-refractivity contribution in [3.8, 4) is 11.5 Å². The summed E-state index contributed by atoms with van der Waals surface area (Å²) in [5, 5.41) is 31.2. The molecule has 0 saturated carbocycles. The van der Waals surface area contributed by atoms with Crippen molar-refractivity contribution in [2.75, 3.05) is 13.2 Å². The first-order chi connectivity index (χ1) is 15.0. The summed E-state index contributed by atoms with van der Waals surface area (Å²) in [4.78, 5) is 11.7. The second-order valence-corrected chi connectivity index (χ2v) is 8.05. The van der Waals surface area contributed by atoms with Gasteiger partial charge in [0.15, 0.2) is 0 Å². The summed E-state index contributed by atoms with van der Waals surface area (Å²) in [5.74, 6) is -0.214. The van der Waals surface area contributed by atoms with E-state index in [0.717, 1.165) is 43.9 Å². The number of unbranched alkanes of at least 4 members (excludes halogenated alkanes) is 4. The summed E-state index contributed by atoms with van der Waals surface area (Å²) in [6.45, 7) is 4.49. The van der Waals surface area contributed by atoms with Gasteiger partial charge in [-0.05, 0) is 42.5 Å². The molecular formula is C25H36O6. The SMILES string of the molecule is CCCCCC(O)COc1ccc2c(OCC(O)CCCCC)c(C(=O)O)ccc2c1. The molecule has 0 aromatic heterocycles. The fraction of sp³-hybridized carbons (Fsp3) is 0.560. The van der Waals surface area contributed by atoms with E-state index in [9.17, 15) is 20.1 Å². The third kappa shape index (κ3) is 8.04. The lowest BCUT2D eigenvalue weighted by molar-refractivity contribution is 0.0681. The van der Waals surface area contributed by atoms with E-state index >= 15 is 0 Å². The summed E-state index contributed by atoms with van der Waals surface area (Å²) in [7, 11) is 0. The van der Waals surface area contributed by atoms with Crippen LogP contribution in [0.1, 0.15) is 75.6 Å². The van der Waals surface area contributed by atoms with E-state index in [1.54, 1.807) is 18.2 Å². The van der Waals surface area contributed by atoms with E-state index in [2.05, 4.69) is 13.8 Å². The molecule has 0 aliphatic heterocycles. The van der Waals surface area contributed by atoms with Crippen molar-refractivity contribution in [3.63, 3.8) is 0 Å². The molecule has 172 valence electrons. The third-order valence-corrected chi connectivity index (χ3v) is 5.32. The lowest BCUT2D eigenvalue weighted by Gasteiger charge is -2.17. The minimum absolute atomic E-state index is 0.0469. The molecule has 2 rings (SSSR count). The van der Waals surface area contributed by atoms with Crippen LogP contribution in [-0.4, -0.2) is 46.7 Å². The van der Waals surface area contributed by atoms with Crippen molar-refractivity contribution >= 4 is 16.7 Å². The molecule has 2 unspecified atom stereocenters. The Morgan fingerprint density at radius 3 is 2.06 bits per heavy atom. The average Bonchev–Trinajstić information content (AvgIpc) is 2.76. The van der Waals surface area contributed by atoms with E-state index in [1.165, 1.54) is 6.07 Å². The van der Waals surface area contributed by atoms with Crippen LogP contribution in [-0.2, 0) is 0 Å². The van der Waals surface area contributed by atoms with Gasteiger partial charge in [-0.3, -0.25) is 0 Å². The molecule has 2 aromatic rings. The van der Waals surface area contributed by atoms with E-state index < -0.39 is 18.2 Å². The molecule has 6 nitrogen and oxygen atoms in total. The maximum absolute atomic E-state index is 11.7. The number of rotatable bonds is 15. The van der Waals surface area contributed by atoms with Crippen LogP contribution in [0.3, 0.4) is 0 Å². The number of benzene rings is 2. The quantitative estimate of drug-likeness (QED) is 0.336. The number of aliphatic hydroxyl groups is 2. The van der Waals surface area contributed by atoms with Gasteiger partial charge in [-0.25, -0.2) is 4.79 Å². The number of carboxylic acid groups (broad SMARTS) is 1. The second-order valence-electron chi connectivity index (χ2n) is 8.05. The zero-order chi connectivity index (χ0) is 22.6. The second kappa shape index (κ2) is 13.2. The summed E-state index contributed by atoms with van der Waals surface area (Å²) in [6.07, 6.45) is 6.38. The summed E-state index contributed by atoms with van der Waals surface area (Å²) < 4.78 is 11.5. The Bertz CT molecular complexity index is 819. The largest absolute Gasteiger partial charge is 0.491 e. The molecule has 0 fully saturated rings. The number of aliphatic hydroxyl groups excluding tert-OH is 2. The van der Waals surface area contributed by atoms with Crippen LogP contribution in [0.25, 0.3) is 10.8 Å². The normalized spacial score (nSPS) is 13.2. The van der Waals surface area contributed by atoms with Gasteiger partial charge in [0.05, 0.1) is 12.2 Å². The number of carbonyl (C=O) groups is 1. The number of hydrogen-bond donors (Lipinski definition) is 3. The minimum atomic E-state index is -1.08. The number of hydrogen-bond acceptors (Lipinski definition) is 5. The Morgan fingerprint density at radius 2 is 1.48 bits per heavy atom. The van der Waals surface area contributed by atoms with Gasteiger partial charge >= 0.3 is 5.97 Å². The van der Waals surface area contributed by atoms with Crippen LogP contribution in [0, 0.1) is 0 Å². The van der Waals surface area contributed by atoms with Crippen molar-refractivity contribution < 1.29 is 29.6 Å². The molecule has 0 aliphatic carbocycles. The molecule has 0 bridgehead atoms. The van der Waals surface area contributed by atoms with Crippen molar-refractivity contribution in [2.24, 2.45) is 0 Å². The molecule has 0 aliphatic rings. The topological polar surface area (TPSA) is 96.2 Å². The Balaban J connectivity index is 2.10. The number of aromatic carboxylic acids is 1. The van der Waals surface area contributed by atoms with Gasteiger partial charge in [-0.2, -0.15) is 0 Å². The van der Waals surface area contributed by atoms with Crippen LogP contribution in [0.5, 0.6) is 11.5 Å². The van der Waals surface area contributed by atoms with Gasteiger partial charge in [-0.1, -0.05) is 58.4 Å². The fourth-order valence-electron chi connectivity index (χ4n) is 3.49. The van der Waals surface area contributed by atoms with Crippen molar-refractivity contribution in [3.05, 3.63) is 35.9 Å². The maximum atomic E-state index is 11.7. The predicted octanol–water partition coefficient (Wildman–Crippen LogP) is 5.18. The molecule has 3 N–H and O–H groups in total. The highest BCUT2D eigenvalue weighted by atomic mass is 16.5. The molecule has 0 radical (unpaired) electrons. The number of fused-ring (bicyclic) bond motifs is 1. The molecule has 6 heteroatoms. The highest BCUT2D eigenvalue weighted by Gasteiger charge is 2.17. The molecule has 2 aromatic carbocycles. The first kappa shape index (κ1) is 25.0. The standard InChI is InChI=1S/C25H36O6/c1-3-5-7-9-19(26)16-30-21-12-14-22-18(15-21)11-13-23(25(28)29)24(22)31-17-20(27)10-8-6-4-2/h11-15,19-20,26-27H,3-10,16-17H2,1-2H3,(H,28,29). The Labute approximate surface area is 184 Å². The predicted molar refractivity (Wildman–Crippen MR) is 122 cm³/mol. The fourth-order valence-corrected chi connectivity index (χ4v) is 3.49. The summed E-state index contributed by atoms with van der Waals surface area (Å²) >= 11 is 0. The lowest BCUT2D eigenvalue weighted by atomic mass is 10.0. The van der Waals surface area contributed by atoms with E-state index in [-0.39, 0.29) is 24.5 Å². The molecule has 31 heavy (non-hydrogen) atoms. The molecule has 0 spiro atoms. The monoisotopic (exact) mass is 432 g/mol. The van der Waals surface area contributed by atoms with Gasteiger partial charge in [0.25, 0.3) is 0 Å². The molecule has 2 atom stereocenters. The highest BCUT2D eigenvalue weighted by molar-refractivity contribution is 6.01. The van der Waals surface area contributed by atoms with Crippen LogP contribution < -0.4 is 9.47 Å². The van der Waals surface area contributed by atoms with Gasteiger partial charge in [0.2, 0.25) is 0 Å². The maximum Gasteiger partial charge on any atom is 0.339 e. The summed E-state index contributed by atoms with van der Waals surface area (Å²) in [6, 6.07) is 8.54. The van der Waals surface area contributed by atoms with Crippen LogP contribution in [0.4, 0.5) is 0 Å². The zero-order valence-electron chi connectivity index (χ0n) is 18.7. The van der Waals surface area contributed by atoms with Crippen molar-refractivity contribution in [1.29, 1.82) is 0 Å². The van der Waals surface area contributed by atoms with E-state index in [0.29, 0.717) is 24.0 Å². The van der Waals surface area contributed by atoms with Gasteiger partial charge < -0.3 is 24.8 Å². The van der Waals surface area contributed by atoms with Gasteiger partial charge in [-0.15, -0.1) is 0 Å². The molecule has 0 saturated heterocycles. The van der Waals surface area contributed by atoms with E-state index in [4.69, 9.17) is 9.47 Å². The third-order valence-electron chi connectivity index (χ3n) is 5.32. The molecule has 0 amide bonds. The number of carboxylic acids is 1. The van der Waals surface area contributed by atoms with Crippen LogP contribution in [0.2, 0.25) is 0 Å². The first-order valence-electron chi connectivity index (χ1n) is 11.4. The molecular weight excluding hydrogens is 396 g/mol. The van der Waals surface area contributed by atoms with E-state index in [1.807, 2.05) is 6.07 Å². The van der Waals surface area contributed by atoms with Crippen LogP contribution >= 0.6 is 0 Å². The number of ether oxygens (including phenoxy) is 2. The van der Waals surface area contributed by atoms with Crippen molar-refractivity contribution in [2.45, 2.75) is 77.4 Å². The Kier molecular flexibility index (Phi) is 10.6.